The number of nitrogens with one attached hydrogen (secondary N) is 1. The lowest BCUT2D eigenvalue weighted by atomic mass is 10.1. The number of hydrogen-bond acceptors (Lipinski definition) is 4. The average molecular weight is 318 g/mol. The van der Waals surface area contributed by atoms with Gasteiger partial charge in [-0.2, -0.15) is 5.10 Å². The van der Waals surface area contributed by atoms with Crippen LogP contribution in [0.15, 0.2) is 35.1 Å². The first-order chi connectivity index (χ1) is 11.1. The van der Waals surface area contributed by atoms with Gasteiger partial charge in [-0.05, 0) is 31.0 Å². The third kappa shape index (κ3) is 3.56. The number of carbonyl (C=O) groups is 1. The molecule has 23 heavy (non-hydrogen) atoms. The predicted octanol–water partition coefficient (Wildman–Crippen LogP) is 1.81. The molecule has 2 atom stereocenters. The molecule has 7 nitrogen and oxygen atoms in total. The van der Waals surface area contributed by atoms with Crippen LogP contribution in [-0.4, -0.2) is 38.4 Å². The number of nitrogens with zero attached hydrogens (tertiary/aromatic N) is 3. The molecule has 1 aliphatic heterocycles. The minimum atomic E-state index is -0.680. The number of carbonyl (C=O) groups excluding carboxylic acids is 1. The van der Waals surface area contributed by atoms with E-state index in [1.54, 1.807) is 29.3 Å². The summed E-state index contributed by atoms with van der Waals surface area (Å²) in [6.45, 7) is 1.16. The standard InChI is InChI=1S/C16H22N4O3/c1-19-13(6-7-18-19)11-17-16(22)20-8-2-4-12(20)10-14(21)15-5-3-9-23-15/h3,5-7,9,12,14,21H,2,4,8,10-11H2,1H3,(H,17,22). The second kappa shape index (κ2) is 6.87. The highest BCUT2D eigenvalue weighted by Crippen LogP contribution is 2.27. The van der Waals surface area contributed by atoms with Crippen LogP contribution in [0.5, 0.6) is 0 Å². The minimum Gasteiger partial charge on any atom is -0.467 e. The lowest BCUT2D eigenvalue weighted by molar-refractivity contribution is 0.108. The summed E-state index contributed by atoms with van der Waals surface area (Å²) in [4.78, 5) is 14.2. The van der Waals surface area contributed by atoms with Crippen LogP contribution in [0.4, 0.5) is 4.79 Å². The molecule has 0 spiro atoms. The van der Waals surface area contributed by atoms with Crippen LogP contribution in [0.3, 0.4) is 0 Å². The largest absolute Gasteiger partial charge is 0.467 e. The maximum Gasteiger partial charge on any atom is 0.317 e. The predicted molar refractivity (Wildman–Crippen MR) is 83.5 cm³/mol. The number of rotatable bonds is 5. The molecule has 2 N–H and O–H groups in total. The summed E-state index contributed by atoms with van der Waals surface area (Å²) in [5, 5.41) is 17.2. The molecule has 1 fully saturated rings. The molecule has 0 saturated carbocycles. The van der Waals surface area contributed by atoms with Crippen LogP contribution in [-0.2, 0) is 13.6 Å². The Labute approximate surface area is 134 Å². The van der Waals surface area contributed by atoms with Crippen LogP contribution < -0.4 is 5.32 Å². The number of aryl methyl sites for hydroxylation is 1. The van der Waals surface area contributed by atoms with Crippen molar-refractivity contribution in [2.24, 2.45) is 7.05 Å². The van der Waals surface area contributed by atoms with Gasteiger partial charge in [-0.15, -0.1) is 0 Å². The highest BCUT2D eigenvalue weighted by Gasteiger charge is 2.31. The van der Waals surface area contributed by atoms with Crippen molar-refractivity contribution in [1.82, 2.24) is 20.0 Å². The zero-order valence-corrected chi connectivity index (χ0v) is 13.2. The average Bonchev–Trinajstić information content (AvgIpc) is 3.26. The molecule has 2 unspecified atom stereocenters. The summed E-state index contributed by atoms with van der Waals surface area (Å²) in [6, 6.07) is 5.32. The topological polar surface area (TPSA) is 83.5 Å². The Bertz CT molecular complexity index is 638. The van der Waals surface area contributed by atoms with Crippen molar-refractivity contribution in [2.45, 2.75) is 38.0 Å². The molecular weight excluding hydrogens is 296 g/mol. The summed E-state index contributed by atoms with van der Waals surface area (Å²) < 4.78 is 6.97. The quantitative estimate of drug-likeness (QED) is 0.880. The first-order valence-corrected chi connectivity index (χ1v) is 7.88. The van der Waals surface area contributed by atoms with Gasteiger partial charge in [-0.25, -0.2) is 4.79 Å². The Hall–Kier alpha value is -2.28. The molecule has 2 aromatic heterocycles. The van der Waals surface area contributed by atoms with Gasteiger partial charge in [0, 0.05) is 32.3 Å². The monoisotopic (exact) mass is 318 g/mol. The summed E-state index contributed by atoms with van der Waals surface area (Å²) >= 11 is 0. The minimum absolute atomic E-state index is 0.0293. The fraction of sp³-hybridized carbons (Fsp3) is 0.500. The van der Waals surface area contributed by atoms with Gasteiger partial charge in [0.2, 0.25) is 0 Å². The first-order valence-electron chi connectivity index (χ1n) is 7.88. The van der Waals surface area contributed by atoms with E-state index in [2.05, 4.69) is 10.4 Å². The van der Waals surface area contributed by atoms with Crippen molar-refractivity contribution >= 4 is 6.03 Å². The molecule has 0 aliphatic carbocycles. The number of aliphatic hydroxyl groups excluding tert-OH is 1. The highest BCUT2D eigenvalue weighted by atomic mass is 16.4. The zero-order chi connectivity index (χ0) is 16.2. The molecule has 3 rings (SSSR count). The second-order valence-electron chi connectivity index (χ2n) is 5.86. The van der Waals surface area contributed by atoms with Gasteiger partial charge in [0.25, 0.3) is 0 Å². The van der Waals surface area contributed by atoms with Crippen LogP contribution >= 0.6 is 0 Å². The summed E-state index contributed by atoms with van der Waals surface area (Å²) in [5.74, 6) is 0.548. The molecule has 3 heterocycles. The van der Waals surface area contributed by atoms with Crippen LogP contribution in [0.2, 0.25) is 0 Å². The van der Waals surface area contributed by atoms with Crippen LogP contribution in [0.25, 0.3) is 0 Å². The number of aliphatic hydroxyl groups is 1. The van der Waals surface area contributed by atoms with E-state index in [0.29, 0.717) is 25.3 Å². The molecule has 7 heteroatoms. The Kier molecular flexibility index (Phi) is 4.66. The third-order valence-corrected chi connectivity index (χ3v) is 4.35. The fourth-order valence-corrected chi connectivity index (χ4v) is 3.05. The lowest BCUT2D eigenvalue weighted by Crippen LogP contribution is -2.43. The van der Waals surface area contributed by atoms with E-state index in [1.165, 1.54) is 0 Å². The van der Waals surface area contributed by atoms with Gasteiger partial charge in [0.1, 0.15) is 11.9 Å². The smallest absolute Gasteiger partial charge is 0.317 e. The second-order valence-corrected chi connectivity index (χ2v) is 5.86. The van der Waals surface area contributed by atoms with Gasteiger partial charge in [-0.1, -0.05) is 0 Å². The summed E-state index contributed by atoms with van der Waals surface area (Å²) in [6.07, 6.45) is 4.92. The van der Waals surface area contributed by atoms with Crippen molar-refractivity contribution < 1.29 is 14.3 Å². The van der Waals surface area contributed by atoms with E-state index in [1.807, 2.05) is 18.0 Å². The summed E-state index contributed by atoms with van der Waals surface area (Å²) in [7, 11) is 1.85. The number of aromatic nitrogens is 2. The maximum absolute atomic E-state index is 12.4. The molecule has 0 radical (unpaired) electrons. The van der Waals surface area contributed by atoms with Crippen molar-refractivity contribution in [3.8, 4) is 0 Å². The zero-order valence-electron chi connectivity index (χ0n) is 13.2. The Morgan fingerprint density at radius 1 is 1.57 bits per heavy atom. The number of hydrogen-bond donors (Lipinski definition) is 2. The van der Waals surface area contributed by atoms with Gasteiger partial charge < -0.3 is 19.7 Å². The summed E-state index contributed by atoms with van der Waals surface area (Å²) in [5.41, 5.74) is 0.949. The van der Waals surface area contributed by atoms with Crippen molar-refractivity contribution in [1.29, 1.82) is 0 Å². The molecule has 0 aromatic carbocycles. The van der Waals surface area contributed by atoms with E-state index < -0.39 is 6.10 Å². The number of amides is 2. The van der Waals surface area contributed by atoms with Crippen molar-refractivity contribution in [3.63, 3.8) is 0 Å². The number of likely N-dealkylation sites (tertiary alicyclic amines) is 1. The van der Waals surface area contributed by atoms with Crippen molar-refractivity contribution in [3.05, 3.63) is 42.1 Å². The first kappa shape index (κ1) is 15.6. The van der Waals surface area contributed by atoms with E-state index in [-0.39, 0.29) is 12.1 Å². The van der Waals surface area contributed by atoms with E-state index >= 15 is 0 Å². The highest BCUT2D eigenvalue weighted by molar-refractivity contribution is 5.74. The molecular formula is C16H22N4O3. The molecule has 2 amide bonds. The molecule has 2 aromatic rings. The lowest BCUT2D eigenvalue weighted by Gasteiger charge is -2.26. The Balaban J connectivity index is 1.55. The SMILES string of the molecule is Cn1nccc1CNC(=O)N1CCCC1CC(O)c1ccco1. The number of furan rings is 1. The molecule has 1 saturated heterocycles. The molecule has 124 valence electrons. The van der Waals surface area contributed by atoms with E-state index in [9.17, 15) is 9.90 Å². The van der Waals surface area contributed by atoms with Gasteiger partial charge in [0.15, 0.2) is 0 Å². The van der Waals surface area contributed by atoms with Gasteiger partial charge in [-0.3, -0.25) is 4.68 Å². The maximum atomic E-state index is 12.4. The molecule has 1 aliphatic rings. The Morgan fingerprint density at radius 3 is 3.13 bits per heavy atom. The van der Waals surface area contributed by atoms with Crippen molar-refractivity contribution in [2.75, 3.05) is 6.54 Å². The van der Waals surface area contributed by atoms with E-state index in [0.717, 1.165) is 18.5 Å². The van der Waals surface area contributed by atoms with Gasteiger partial charge >= 0.3 is 6.03 Å². The molecule has 0 bridgehead atoms. The van der Waals surface area contributed by atoms with Crippen LogP contribution in [0, 0.1) is 0 Å². The fourth-order valence-electron chi connectivity index (χ4n) is 3.05. The Morgan fingerprint density at radius 2 is 2.43 bits per heavy atom. The normalized spacial score (nSPS) is 19.0. The van der Waals surface area contributed by atoms with Crippen LogP contribution in [0.1, 0.15) is 36.8 Å². The van der Waals surface area contributed by atoms with E-state index in [4.69, 9.17) is 4.42 Å². The number of urea groups is 1. The third-order valence-electron chi connectivity index (χ3n) is 4.35. The van der Waals surface area contributed by atoms with Gasteiger partial charge in [0.05, 0.1) is 18.5 Å².